The van der Waals surface area contributed by atoms with Crippen LogP contribution in [-0.2, 0) is 11.3 Å². The normalized spacial score (nSPS) is 23.5. The summed E-state index contributed by atoms with van der Waals surface area (Å²) >= 11 is 0. The van der Waals surface area contributed by atoms with Gasteiger partial charge in [-0.1, -0.05) is 55.3 Å². The highest BCUT2D eigenvalue weighted by molar-refractivity contribution is 6.00. The van der Waals surface area contributed by atoms with Gasteiger partial charge in [0.1, 0.15) is 0 Å². The second kappa shape index (κ2) is 6.07. The molecule has 1 heterocycles. The van der Waals surface area contributed by atoms with E-state index in [1.807, 2.05) is 35.2 Å². The second-order valence-corrected chi connectivity index (χ2v) is 6.57. The van der Waals surface area contributed by atoms with Crippen molar-refractivity contribution in [3.8, 4) is 0 Å². The fourth-order valence-corrected chi connectivity index (χ4v) is 3.88. The number of anilines is 2. The van der Waals surface area contributed by atoms with Crippen LogP contribution >= 0.6 is 0 Å². The molecule has 1 aliphatic carbocycles. The van der Waals surface area contributed by atoms with E-state index in [1.54, 1.807) is 0 Å². The summed E-state index contributed by atoms with van der Waals surface area (Å²) in [4.78, 5) is 15.2. The van der Waals surface area contributed by atoms with Gasteiger partial charge in [-0.2, -0.15) is 0 Å². The van der Waals surface area contributed by atoms with E-state index < -0.39 is 0 Å². The molecule has 1 fully saturated rings. The molecule has 2 atom stereocenters. The van der Waals surface area contributed by atoms with E-state index in [2.05, 4.69) is 29.6 Å². The Morgan fingerprint density at radius 2 is 1.70 bits per heavy atom. The van der Waals surface area contributed by atoms with E-state index in [-0.39, 0.29) is 17.9 Å². The van der Waals surface area contributed by atoms with Crippen LogP contribution in [0.1, 0.15) is 31.2 Å². The molecule has 0 spiro atoms. The molecular formula is C20H22N2O. The quantitative estimate of drug-likeness (QED) is 0.901. The SMILES string of the molecule is O=C1C2CCCCC2Nc2ccccc2N1Cc1ccccc1. The molecular weight excluding hydrogens is 284 g/mol. The number of para-hydroxylation sites is 2. The van der Waals surface area contributed by atoms with E-state index in [4.69, 9.17) is 0 Å². The van der Waals surface area contributed by atoms with Crippen molar-refractivity contribution in [2.75, 3.05) is 10.2 Å². The molecule has 1 amide bonds. The van der Waals surface area contributed by atoms with Gasteiger partial charge in [0.25, 0.3) is 0 Å². The predicted octanol–water partition coefficient (Wildman–Crippen LogP) is 4.20. The minimum absolute atomic E-state index is 0.0971. The zero-order chi connectivity index (χ0) is 15.6. The highest BCUT2D eigenvalue weighted by atomic mass is 16.2. The molecule has 2 aromatic carbocycles. The predicted molar refractivity (Wildman–Crippen MR) is 93.4 cm³/mol. The van der Waals surface area contributed by atoms with Crippen molar-refractivity contribution in [1.29, 1.82) is 0 Å². The molecule has 23 heavy (non-hydrogen) atoms. The zero-order valence-electron chi connectivity index (χ0n) is 13.2. The molecule has 2 aromatic rings. The highest BCUT2D eigenvalue weighted by Crippen LogP contribution is 2.38. The van der Waals surface area contributed by atoms with Gasteiger partial charge in [-0.15, -0.1) is 0 Å². The summed E-state index contributed by atoms with van der Waals surface area (Å²) in [5.74, 6) is 0.371. The van der Waals surface area contributed by atoms with Crippen molar-refractivity contribution in [3.05, 3.63) is 60.2 Å². The lowest BCUT2D eigenvalue weighted by Crippen LogP contribution is -2.42. The molecule has 4 rings (SSSR count). The van der Waals surface area contributed by atoms with Crippen molar-refractivity contribution in [1.82, 2.24) is 0 Å². The van der Waals surface area contributed by atoms with Crippen LogP contribution in [0, 0.1) is 5.92 Å². The van der Waals surface area contributed by atoms with Gasteiger partial charge in [0, 0.05) is 6.04 Å². The maximum atomic E-state index is 13.2. The fraction of sp³-hybridized carbons (Fsp3) is 0.350. The van der Waals surface area contributed by atoms with Gasteiger partial charge in [-0.3, -0.25) is 4.79 Å². The Labute approximate surface area is 137 Å². The summed E-state index contributed by atoms with van der Waals surface area (Å²) in [6.45, 7) is 0.640. The average Bonchev–Trinajstić information content (AvgIpc) is 2.72. The van der Waals surface area contributed by atoms with Crippen LogP contribution in [0.5, 0.6) is 0 Å². The number of carbonyl (C=O) groups excluding carboxylic acids is 1. The minimum atomic E-state index is 0.0971. The Bertz CT molecular complexity index is 698. The first-order valence-corrected chi connectivity index (χ1v) is 8.54. The third-order valence-corrected chi connectivity index (χ3v) is 5.07. The number of carbonyl (C=O) groups is 1. The smallest absolute Gasteiger partial charge is 0.232 e. The van der Waals surface area contributed by atoms with Gasteiger partial charge < -0.3 is 10.2 Å². The first-order valence-electron chi connectivity index (χ1n) is 8.54. The molecule has 0 bridgehead atoms. The number of nitrogens with one attached hydrogen (secondary N) is 1. The van der Waals surface area contributed by atoms with Crippen molar-refractivity contribution < 1.29 is 4.79 Å². The lowest BCUT2D eigenvalue weighted by atomic mass is 9.84. The minimum Gasteiger partial charge on any atom is -0.380 e. The third-order valence-electron chi connectivity index (χ3n) is 5.07. The second-order valence-electron chi connectivity index (χ2n) is 6.57. The first-order chi connectivity index (χ1) is 11.3. The lowest BCUT2D eigenvalue weighted by molar-refractivity contribution is -0.123. The number of rotatable bonds is 2. The van der Waals surface area contributed by atoms with Gasteiger partial charge >= 0.3 is 0 Å². The van der Waals surface area contributed by atoms with Crippen LogP contribution in [0.2, 0.25) is 0 Å². The summed E-state index contributed by atoms with van der Waals surface area (Å²) in [6, 6.07) is 18.7. The first kappa shape index (κ1) is 14.3. The van der Waals surface area contributed by atoms with Gasteiger partial charge in [0.05, 0.1) is 23.8 Å². The molecule has 2 aliphatic rings. The molecule has 0 radical (unpaired) electrons. The van der Waals surface area contributed by atoms with Crippen LogP contribution in [0.4, 0.5) is 11.4 Å². The summed E-state index contributed by atoms with van der Waals surface area (Å²) in [7, 11) is 0. The molecule has 3 heteroatoms. The Hall–Kier alpha value is -2.29. The van der Waals surface area contributed by atoms with Crippen LogP contribution in [0.15, 0.2) is 54.6 Å². The van der Waals surface area contributed by atoms with E-state index >= 15 is 0 Å². The third kappa shape index (κ3) is 2.72. The highest BCUT2D eigenvalue weighted by Gasteiger charge is 2.37. The van der Waals surface area contributed by atoms with Gasteiger partial charge in [-0.25, -0.2) is 0 Å². The zero-order valence-corrected chi connectivity index (χ0v) is 13.2. The number of benzene rings is 2. The number of nitrogens with zero attached hydrogens (tertiary/aromatic N) is 1. The Kier molecular flexibility index (Phi) is 3.78. The number of fused-ring (bicyclic) bond motifs is 2. The van der Waals surface area contributed by atoms with Crippen LogP contribution in [0.3, 0.4) is 0 Å². The van der Waals surface area contributed by atoms with E-state index in [9.17, 15) is 4.79 Å². The maximum Gasteiger partial charge on any atom is 0.232 e. The molecule has 0 aromatic heterocycles. The number of hydrogen-bond donors (Lipinski definition) is 1. The summed E-state index contributed by atoms with van der Waals surface area (Å²) < 4.78 is 0. The maximum absolute atomic E-state index is 13.2. The van der Waals surface area contributed by atoms with Gasteiger partial charge in [-0.05, 0) is 30.5 Å². The molecule has 3 nitrogen and oxygen atoms in total. The summed E-state index contributed by atoms with van der Waals surface area (Å²) in [5, 5.41) is 3.65. The standard InChI is InChI=1S/C20H22N2O/c23-20-16-10-4-5-11-17(16)21-18-12-6-7-13-19(18)22(20)14-15-8-2-1-3-9-15/h1-3,6-9,12-13,16-17,21H,4-5,10-11,14H2. The Balaban J connectivity index is 1.74. The molecule has 1 saturated carbocycles. The van der Waals surface area contributed by atoms with E-state index in [0.29, 0.717) is 6.54 Å². The van der Waals surface area contributed by atoms with Gasteiger partial charge in [0.15, 0.2) is 0 Å². The lowest BCUT2D eigenvalue weighted by Gasteiger charge is -2.31. The summed E-state index contributed by atoms with van der Waals surface area (Å²) in [6.07, 6.45) is 4.45. The largest absolute Gasteiger partial charge is 0.380 e. The summed E-state index contributed by atoms with van der Waals surface area (Å²) in [5.41, 5.74) is 3.27. The van der Waals surface area contributed by atoms with Crippen molar-refractivity contribution in [2.24, 2.45) is 5.92 Å². The van der Waals surface area contributed by atoms with E-state index in [1.165, 1.54) is 12.0 Å². The van der Waals surface area contributed by atoms with Gasteiger partial charge in [0.2, 0.25) is 5.91 Å². The molecule has 1 aliphatic heterocycles. The van der Waals surface area contributed by atoms with Crippen molar-refractivity contribution >= 4 is 17.3 Å². The Morgan fingerprint density at radius 3 is 2.57 bits per heavy atom. The molecule has 2 unspecified atom stereocenters. The van der Waals surface area contributed by atoms with Crippen LogP contribution in [-0.4, -0.2) is 11.9 Å². The molecule has 118 valence electrons. The molecule has 0 saturated heterocycles. The van der Waals surface area contributed by atoms with E-state index in [0.717, 1.165) is 30.6 Å². The fourth-order valence-electron chi connectivity index (χ4n) is 3.88. The average molecular weight is 306 g/mol. The monoisotopic (exact) mass is 306 g/mol. The Morgan fingerprint density at radius 1 is 0.957 bits per heavy atom. The number of hydrogen-bond acceptors (Lipinski definition) is 2. The van der Waals surface area contributed by atoms with Crippen molar-refractivity contribution in [2.45, 2.75) is 38.3 Å². The number of amides is 1. The topological polar surface area (TPSA) is 32.3 Å². The van der Waals surface area contributed by atoms with Crippen molar-refractivity contribution in [3.63, 3.8) is 0 Å². The molecule has 1 N–H and O–H groups in total. The van der Waals surface area contributed by atoms with Crippen LogP contribution in [0.25, 0.3) is 0 Å². The van der Waals surface area contributed by atoms with Crippen LogP contribution < -0.4 is 10.2 Å².